The third-order valence-electron chi connectivity index (χ3n) is 5.41. The second kappa shape index (κ2) is 7.64. The number of hydrogen-bond donors (Lipinski definition) is 0. The lowest BCUT2D eigenvalue weighted by Gasteiger charge is -2.49. The maximum Gasteiger partial charge on any atom is 0.419 e. The molecule has 2 heterocycles. The van der Waals surface area contributed by atoms with E-state index in [0.717, 1.165) is 19.4 Å². The second-order valence-electron chi connectivity index (χ2n) is 7.29. The van der Waals surface area contributed by atoms with Crippen molar-refractivity contribution in [2.45, 2.75) is 31.1 Å². The van der Waals surface area contributed by atoms with Crippen LogP contribution in [0.3, 0.4) is 0 Å². The zero-order valence-electron chi connectivity index (χ0n) is 15.8. The molecule has 2 aliphatic heterocycles. The van der Waals surface area contributed by atoms with Gasteiger partial charge < -0.3 is 14.2 Å². The van der Waals surface area contributed by atoms with Gasteiger partial charge in [-0.15, -0.1) is 0 Å². The zero-order valence-corrected chi connectivity index (χ0v) is 15.8. The average molecular weight is 381 g/mol. The zero-order chi connectivity index (χ0) is 19.6. The van der Waals surface area contributed by atoms with Gasteiger partial charge in [0.15, 0.2) is 6.10 Å². The number of fused-ring (bicyclic) bond motifs is 1. The third kappa shape index (κ3) is 3.60. The lowest BCUT2D eigenvalue weighted by Crippen LogP contribution is -2.68. The van der Waals surface area contributed by atoms with Gasteiger partial charge in [0.05, 0.1) is 0 Å². The molecule has 2 aromatic rings. The van der Waals surface area contributed by atoms with E-state index in [9.17, 15) is 9.59 Å². The van der Waals surface area contributed by atoms with Gasteiger partial charge in [-0.05, 0) is 49.6 Å². The van der Waals surface area contributed by atoms with Gasteiger partial charge in [-0.25, -0.2) is 9.59 Å². The van der Waals surface area contributed by atoms with Crippen LogP contribution in [-0.2, 0) is 25.5 Å². The molecule has 6 nitrogen and oxygen atoms in total. The quantitative estimate of drug-likeness (QED) is 0.586. The molecule has 0 aromatic heterocycles. The van der Waals surface area contributed by atoms with Crippen molar-refractivity contribution in [1.29, 1.82) is 0 Å². The normalized spacial score (nSPS) is 24.8. The van der Waals surface area contributed by atoms with Gasteiger partial charge in [-0.3, -0.25) is 4.90 Å². The Morgan fingerprint density at radius 1 is 1.04 bits per heavy atom. The van der Waals surface area contributed by atoms with E-state index in [-0.39, 0.29) is 6.61 Å². The van der Waals surface area contributed by atoms with E-state index in [1.807, 2.05) is 54.4 Å². The maximum absolute atomic E-state index is 11.9. The number of nitrogens with zero attached hydrogens (tertiary/aromatic N) is 1. The number of carbonyl (C=O) groups is 2. The molecule has 0 N–H and O–H groups in total. The molecule has 2 saturated heterocycles. The number of likely N-dealkylation sites (N-methyl/N-ethyl adjacent to an activating group) is 1. The maximum atomic E-state index is 11.9. The summed E-state index contributed by atoms with van der Waals surface area (Å²) in [5, 5.41) is 0. The summed E-state index contributed by atoms with van der Waals surface area (Å²) in [5.41, 5.74) is 1.35. The summed E-state index contributed by atoms with van der Waals surface area (Å²) < 4.78 is 16.8. The van der Waals surface area contributed by atoms with Crippen molar-refractivity contribution in [3.8, 4) is 5.75 Å². The Bertz CT molecular complexity index is 851. The summed E-state index contributed by atoms with van der Waals surface area (Å²) in [7, 11) is 1.85. The lowest BCUT2D eigenvalue weighted by molar-refractivity contribution is -0.261. The van der Waals surface area contributed by atoms with Gasteiger partial charge in [-0.2, -0.15) is 0 Å². The first kappa shape index (κ1) is 18.5. The van der Waals surface area contributed by atoms with Crippen LogP contribution in [0.1, 0.15) is 24.0 Å². The number of benzene rings is 2. The highest BCUT2D eigenvalue weighted by Crippen LogP contribution is 2.35. The van der Waals surface area contributed by atoms with Crippen LogP contribution in [0.4, 0.5) is 0 Å². The van der Waals surface area contributed by atoms with Crippen LogP contribution in [0.15, 0.2) is 54.6 Å². The van der Waals surface area contributed by atoms with E-state index < -0.39 is 23.8 Å². The second-order valence-corrected chi connectivity index (χ2v) is 7.29. The van der Waals surface area contributed by atoms with Crippen LogP contribution in [0, 0.1) is 0 Å². The van der Waals surface area contributed by atoms with E-state index in [0.29, 0.717) is 12.2 Å². The Morgan fingerprint density at radius 3 is 2.50 bits per heavy atom. The largest absolute Gasteiger partial charge is 0.488 e. The van der Waals surface area contributed by atoms with Crippen molar-refractivity contribution in [2.75, 3.05) is 20.2 Å². The number of piperidine rings is 1. The van der Waals surface area contributed by atoms with Gasteiger partial charge in [0.25, 0.3) is 0 Å². The summed E-state index contributed by atoms with van der Waals surface area (Å²) in [6, 6.07) is 18.1. The van der Waals surface area contributed by atoms with Crippen LogP contribution in [-0.4, -0.2) is 48.9 Å². The molecule has 0 aliphatic carbocycles. The molecule has 2 atom stereocenters. The number of rotatable bonds is 5. The van der Waals surface area contributed by atoms with E-state index >= 15 is 0 Å². The van der Waals surface area contributed by atoms with Gasteiger partial charge in [-0.1, -0.05) is 42.5 Å². The molecular weight excluding hydrogens is 358 g/mol. The third-order valence-corrected chi connectivity index (χ3v) is 5.41. The standard InChI is InChI=1S/C22H23NO5/c1-23-13-5-8-19-22(23,28-21(25)20(24)27-19)15-26-18-11-9-17(10-12-18)14-16-6-3-2-4-7-16/h2-4,6-7,9-12,19H,5,8,13-15H2,1H3. The summed E-state index contributed by atoms with van der Waals surface area (Å²) >= 11 is 0. The van der Waals surface area contributed by atoms with Crippen LogP contribution in [0.25, 0.3) is 0 Å². The fourth-order valence-electron chi connectivity index (χ4n) is 3.80. The van der Waals surface area contributed by atoms with Gasteiger partial charge in [0.2, 0.25) is 5.72 Å². The molecule has 2 aromatic carbocycles. The predicted octanol–water partition coefficient (Wildman–Crippen LogP) is 2.55. The van der Waals surface area contributed by atoms with Gasteiger partial charge in [0, 0.05) is 6.54 Å². The molecule has 2 fully saturated rings. The van der Waals surface area contributed by atoms with Crippen molar-refractivity contribution in [3.05, 3.63) is 65.7 Å². The minimum Gasteiger partial charge on any atom is -0.488 e. The molecule has 6 heteroatoms. The van der Waals surface area contributed by atoms with Crippen molar-refractivity contribution in [3.63, 3.8) is 0 Å². The number of ether oxygens (including phenoxy) is 3. The van der Waals surface area contributed by atoms with Crippen LogP contribution in [0.5, 0.6) is 5.75 Å². The predicted molar refractivity (Wildman–Crippen MR) is 102 cm³/mol. The fraction of sp³-hybridized carbons (Fsp3) is 0.364. The summed E-state index contributed by atoms with van der Waals surface area (Å²) in [5.74, 6) is -1.22. The molecule has 146 valence electrons. The first-order chi connectivity index (χ1) is 13.6. The molecule has 0 saturated carbocycles. The molecule has 2 aliphatic rings. The summed E-state index contributed by atoms with van der Waals surface area (Å²) in [6.07, 6.45) is 1.84. The van der Waals surface area contributed by atoms with Crippen molar-refractivity contribution >= 4 is 11.9 Å². The molecule has 2 unspecified atom stereocenters. The summed E-state index contributed by atoms with van der Waals surface area (Å²) in [6.45, 7) is 0.839. The van der Waals surface area contributed by atoms with Crippen LogP contribution in [0.2, 0.25) is 0 Å². The number of esters is 2. The smallest absolute Gasteiger partial charge is 0.419 e. The summed E-state index contributed by atoms with van der Waals surface area (Å²) in [4.78, 5) is 25.4. The highest BCUT2D eigenvalue weighted by Gasteiger charge is 2.56. The lowest BCUT2D eigenvalue weighted by atomic mass is 9.94. The number of carbonyl (C=O) groups excluding carboxylic acids is 2. The molecule has 0 amide bonds. The van der Waals surface area contributed by atoms with Crippen molar-refractivity contribution < 1.29 is 23.8 Å². The van der Waals surface area contributed by atoms with Crippen molar-refractivity contribution in [2.24, 2.45) is 0 Å². The fourth-order valence-corrected chi connectivity index (χ4v) is 3.80. The van der Waals surface area contributed by atoms with Crippen molar-refractivity contribution in [1.82, 2.24) is 4.90 Å². The molecule has 4 rings (SSSR count). The Balaban J connectivity index is 1.45. The Hall–Kier alpha value is -2.86. The van der Waals surface area contributed by atoms with Gasteiger partial charge >= 0.3 is 11.9 Å². The first-order valence-electron chi connectivity index (χ1n) is 9.48. The molecule has 28 heavy (non-hydrogen) atoms. The minimum absolute atomic E-state index is 0.102. The van der Waals surface area contributed by atoms with E-state index in [2.05, 4.69) is 12.1 Å². The van der Waals surface area contributed by atoms with E-state index in [1.165, 1.54) is 11.1 Å². The SMILES string of the molecule is CN1CCCC2OC(=O)C(=O)OC21COc1ccc(Cc2ccccc2)cc1. The monoisotopic (exact) mass is 381 g/mol. The van der Waals surface area contributed by atoms with E-state index in [1.54, 1.807) is 0 Å². The molecule has 0 radical (unpaired) electrons. The van der Waals surface area contributed by atoms with Crippen LogP contribution < -0.4 is 4.74 Å². The number of likely N-dealkylation sites (tertiary alicyclic amines) is 1. The molecule has 0 spiro atoms. The minimum atomic E-state index is -1.08. The Kier molecular flexibility index (Phi) is 5.05. The first-order valence-corrected chi connectivity index (χ1v) is 9.48. The molecule has 0 bridgehead atoms. The topological polar surface area (TPSA) is 65.1 Å². The van der Waals surface area contributed by atoms with Crippen LogP contribution >= 0.6 is 0 Å². The van der Waals surface area contributed by atoms with Gasteiger partial charge in [0.1, 0.15) is 12.4 Å². The Labute approximate surface area is 164 Å². The average Bonchev–Trinajstić information content (AvgIpc) is 2.70. The molecular formula is C22H23NO5. The Morgan fingerprint density at radius 2 is 1.75 bits per heavy atom. The highest BCUT2D eigenvalue weighted by atomic mass is 16.7. The number of hydrogen-bond acceptors (Lipinski definition) is 6. The van der Waals surface area contributed by atoms with E-state index in [4.69, 9.17) is 14.2 Å². The highest BCUT2D eigenvalue weighted by molar-refractivity contribution is 6.30.